The molecule has 2 rings (SSSR count). The molecule has 0 aromatic heterocycles. The molecule has 1 N–H and O–H groups in total. The highest BCUT2D eigenvalue weighted by molar-refractivity contribution is 5.90. The molecule has 104 valence electrons. The Morgan fingerprint density at radius 1 is 1.00 bits per heavy atom. The lowest BCUT2D eigenvalue weighted by Gasteiger charge is -2.12. The van der Waals surface area contributed by atoms with Gasteiger partial charge in [-0.05, 0) is 48.4 Å². The van der Waals surface area contributed by atoms with Crippen LogP contribution in [0, 0.1) is 6.92 Å². The minimum atomic E-state index is -0.959. The van der Waals surface area contributed by atoms with E-state index in [1.54, 1.807) is 26.4 Å². The van der Waals surface area contributed by atoms with Gasteiger partial charge in [-0.2, -0.15) is 0 Å². The third-order valence-corrected chi connectivity index (χ3v) is 3.15. The van der Waals surface area contributed by atoms with Crippen LogP contribution >= 0.6 is 0 Å². The number of aromatic carboxylic acids is 1. The zero-order valence-corrected chi connectivity index (χ0v) is 11.6. The van der Waals surface area contributed by atoms with E-state index < -0.39 is 5.97 Å². The van der Waals surface area contributed by atoms with Crippen molar-refractivity contribution in [2.24, 2.45) is 0 Å². The van der Waals surface area contributed by atoms with Gasteiger partial charge in [0.1, 0.15) is 11.5 Å². The number of benzene rings is 2. The van der Waals surface area contributed by atoms with E-state index >= 15 is 0 Å². The maximum atomic E-state index is 11.1. The molecule has 0 saturated carbocycles. The van der Waals surface area contributed by atoms with E-state index in [1.807, 2.05) is 25.1 Å². The summed E-state index contributed by atoms with van der Waals surface area (Å²) in [6.45, 7) is 1.94. The van der Waals surface area contributed by atoms with Gasteiger partial charge in [-0.15, -0.1) is 0 Å². The predicted octanol–water partition coefficient (Wildman–Crippen LogP) is 3.38. The number of methoxy groups -OCH3 is 2. The second-order valence-electron chi connectivity index (χ2n) is 4.40. The van der Waals surface area contributed by atoms with Crippen molar-refractivity contribution >= 4 is 5.97 Å². The largest absolute Gasteiger partial charge is 0.496 e. The first-order valence-electron chi connectivity index (χ1n) is 6.13. The van der Waals surface area contributed by atoms with Crippen LogP contribution in [0.4, 0.5) is 0 Å². The minimum absolute atomic E-state index is 0.231. The van der Waals surface area contributed by atoms with Crippen molar-refractivity contribution in [2.45, 2.75) is 6.92 Å². The van der Waals surface area contributed by atoms with Gasteiger partial charge in [0.05, 0.1) is 19.8 Å². The summed E-state index contributed by atoms with van der Waals surface area (Å²) in [5.41, 5.74) is 2.85. The number of carboxylic acids is 1. The highest BCUT2D eigenvalue weighted by Gasteiger charge is 2.12. The Bertz CT molecular complexity index is 647. The molecular weight excluding hydrogens is 256 g/mol. The van der Waals surface area contributed by atoms with E-state index in [9.17, 15) is 4.79 Å². The van der Waals surface area contributed by atoms with Crippen LogP contribution in [0.1, 0.15) is 15.9 Å². The van der Waals surface area contributed by atoms with Crippen molar-refractivity contribution in [1.82, 2.24) is 0 Å². The molecule has 0 fully saturated rings. The van der Waals surface area contributed by atoms with E-state index in [0.717, 1.165) is 22.4 Å². The van der Waals surface area contributed by atoms with Gasteiger partial charge in [0, 0.05) is 5.56 Å². The molecule has 0 atom stereocenters. The second-order valence-corrected chi connectivity index (χ2v) is 4.40. The van der Waals surface area contributed by atoms with Gasteiger partial charge in [0.15, 0.2) is 0 Å². The van der Waals surface area contributed by atoms with Crippen molar-refractivity contribution in [3.8, 4) is 22.6 Å². The lowest BCUT2D eigenvalue weighted by Crippen LogP contribution is -1.98. The molecular formula is C16H16O4. The Kier molecular flexibility index (Phi) is 3.94. The molecule has 0 aliphatic rings. The van der Waals surface area contributed by atoms with Crippen LogP contribution in [0.2, 0.25) is 0 Å². The molecule has 0 bridgehead atoms. The van der Waals surface area contributed by atoms with Crippen molar-refractivity contribution in [1.29, 1.82) is 0 Å². The molecule has 20 heavy (non-hydrogen) atoms. The third-order valence-electron chi connectivity index (χ3n) is 3.15. The number of carbonyl (C=O) groups is 1. The number of rotatable bonds is 4. The van der Waals surface area contributed by atoms with Crippen LogP contribution in [-0.4, -0.2) is 25.3 Å². The summed E-state index contributed by atoms with van der Waals surface area (Å²) in [7, 11) is 3.18. The summed E-state index contributed by atoms with van der Waals surface area (Å²) in [5.74, 6) is 0.473. The summed E-state index contributed by atoms with van der Waals surface area (Å²) in [5, 5.41) is 9.10. The first-order chi connectivity index (χ1) is 9.56. The van der Waals surface area contributed by atoms with Crippen LogP contribution in [-0.2, 0) is 0 Å². The summed E-state index contributed by atoms with van der Waals surface area (Å²) in [6.07, 6.45) is 0. The lowest BCUT2D eigenvalue weighted by atomic mass is 10.00. The monoisotopic (exact) mass is 272 g/mol. The van der Waals surface area contributed by atoms with Crippen molar-refractivity contribution < 1.29 is 19.4 Å². The Morgan fingerprint density at radius 3 is 2.20 bits per heavy atom. The molecule has 0 amide bonds. The Hall–Kier alpha value is -2.49. The normalized spacial score (nSPS) is 10.2. The third kappa shape index (κ3) is 2.59. The zero-order chi connectivity index (χ0) is 14.7. The average molecular weight is 272 g/mol. The maximum Gasteiger partial charge on any atom is 0.335 e. The van der Waals surface area contributed by atoms with E-state index in [-0.39, 0.29) is 5.56 Å². The van der Waals surface area contributed by atoms with Gasteiger partial charge in [-0.3, -0.25) is 0 Å². The highest BCUT2D eigenvalue weighted by atomic mass is 16.5. The van der Waals surface area contributed by atoms with Crippen molar-refractivity contribution in [3.05, 3.63) is 47.5 Å². The zero-order valence-electron chi connectivity index (χ0n) is 11.6. The first-order valence-corrected chi connectivity index (χ1v) is 6.13. The van der Waals surface area contributed by atoms with Crippen LogP contribution in [0.5, 0.6) is 11.5 Å². The van der Waals surface area contributed by atoms with Crippen molar-refractivity contribution in [3.63, 3.8) is 0 Å². The van der Waals surface area contributed by atoms with Crippen LogP contribution in [0.3, 0.4) is 0 Å². The lowest BCUT2D eigenvalue weighted by molar-refractivity contribution is 0.0697. The van der Waals surface area contributed by atoms with Gasteiger partial charge < -0.3 is 14.6 Å². The molecule has 0 spiro atoms. The number of aryl methyl sites for hydroxylation is 1. The SMILES string of the molecule is COc1ccc(-c2cc(C(=O)O)ccc2OC)cc1C. The summed E-state index contributed by atoms with van der Waals surface area (Å²) >= 11 is 0. The van der Waals surface area contributed by atoms with Gasteiger partial charge >= 0.3 is 5.97 Å². The van der Waals surface area contributed by atoms with E-state index in [0.29, 0.717) is 5.75 Å². The molecule has 4 nitrogen and oxygen atoms in total. The number of hydrogen-bond acceptors (Lipinski definition) is 3. The summed E-state index contributed by atoms with van der Waals surface area (Å²) < 4.78 is 10.5. The fourth-order valence-corrected chi connectivity index (χ4v) is 2.11. The molecule has 0 unspecified atom stereocenters. The molecule has 0 radical (unpaired) electrons. The highest BCUT2D eigenvalue weighted by Crippen LogP contribution is 2.33. The quantitative estimate of drug-likeness (QED) is 0.927. The molecule has 2 aromatic carbocycles. The fraction of sp³-hybridized carbons (Fsp3) is 0.188. The average Bonchev–Trinajstić information content (AvgIpc) is 2.46. The molecule has 4 heteroatoms. The number of ether oxygens (including phenoxy) is 2. The summed E-state index contributed by atoms with van der Waals surface area (Å²) in [4.78, 5) is 11.1. The van der Waals surface area contributed by atoms with Crippen molar-refractivity contribution in [2.75, 3.05) is 14.2 Å². The molecule has 2 aromatic rings. The Balaban J connectivity index is 2.57. The van der Waals surface area contributed by atoms with Gasteiger partial charge in [0.25, 0.3) is 0 Å². The molecule has 0 saturated heterocycles. The van der Waals surface area contributed by atoms with Gasteiger partial charge in [0.2, 0.25) is 0 Å². The van der Waals surface area contributed by atoms with Crippen LogP contribution in [0.15, 0.2) is 36.4 Å². The van der Waals surface area contributed by atoms with Gasteiger partial charge in [-0.1, -0.05) is 6.07 Å². The Morgan fingerprint density at radius 2 is 1.65 bits per heavy atom. The Labute approximate surface area is 117 Å². The molecule has 0 aliphatic carbocycles. The van der Waals surface area contributed by atoms with E-state index in [1.165, 1.54) is 6.07 Å². The standard InChI is InChI=1S/C16H16O4/c1-10-8-11(4-6-14(10)19-2)13-9-12(16(17)18)5-7-15(13)20-3/h4-9H,1-3H3,(H,17,18). The van der Waals surface area contributed by atoms with Crippen LogP contribution in [0.25, 0.3) is 11.1 Å². The number of carboxylic acid groups (broad SMARTS) is 1. The first kappa shape index (κ1) is 13.9. The molecule has 0 heterocycles. The van der Waals surface area contributed by atoms with E-state index in [2.05, 4.69) is 0 Å². The smallest absolute Gasteiger partial charge is 0.335 e. The fourth-order valence-electron chi connectivity index (χ4n) is 2.11. The molecule has 0 aliphatic heterocycles. The number of hydrogen-bond donors (Lipinski definition) is 1. The van der Waals surface area contributed by atoms with Gasteiger partial charge in [-0.25, -0.2) is 4.79 Å². The minimum Gasteiger partial charge on any atom is -0.496 e. The topological polar surface area (TPSA) is 55.8 Å². The van der Waals surface area contributed by atoms with Crippen LogP contribution < -0.4 is 9.47 Å². The second kappa shape index (κ2) is 5.65. The predicted molar refractivity (Wildman–Crippen MR) is 76.7 cm³/mol. The summed E-state index contributed by atoms with van der Waals surface area (Å²) in [6, 6.07) is 10.5. The maximum absolute atomic E-state index is 11.1. The van der Waals surface area contributed by atoms with E-state index in [4.69, 9.17) is 14.6 Å².